The van der Waals surface area contributed by atoms with Gasteiger partial charge in [0.25, 0.3) is 0 Å². The van der Waals surface area contributed by atoms with Crippen molar-refractivity contribution >= 4 is 23.4 Å². The third-order valence-corrected chi connectivity index (χ3v) is 2.71. The second kappa shape index (κ2) is 6.57. The zero-order chi connectivity index (χ0) is 14.5. The first-order valence-electron chi connectivity index (χ1n) is 6.07. The third kappa shape index (κ3) is 5.75. The van der Waals surface area contributed by atoms with Crippen molar-refractivity contribution in [3.63, 3.8) is 0 Å². The smallest absolute Gasteiger partial charge is 0.243 e. The molecule has 1 unspecified atom stereocenters. The fraction of sp³-hybridized carbons (Fsp3) is 0.429. The molecule has 5 heteroatoms. The van der Waals surface area contributed by atoms with Crippen LogP contribution in [0.2, 0.25) is 0 Å². The van der Waals surface area contributed by atoms with E-state index in [1.54, 1.807) is 12.1 Å². The SMILES string of the molecule is CC(C)(C)NC(=O)CNC(=O)C(Cl)c1ccccc1. The Labute approximate surface area is 118 Å². The van der Waals surface area contributed by atoms with Crippen LogP contribution < -0.4 is 10.6 Å². The minimum atomic E-state index is -0.788. The summed E-state index contributed by atoms with van der Waals surface area (Å²) in [5.74, 6) is -0.616. The molecule has 0 aliphatic carbocycles. The maximum absolute atomic E-state index is 11.8. The van der Waals surface area contributed by atoms with Gasteiger partial charge in [-0.2, -0.15) is 0 Å². The molecule has 1 rings (SSSR count). The first kappa shape index (κ1) is 15.5. The molecule has 0 saturated carbocycles. The summed E-state index contributed by atoms with van der Waals surface area (Å²) in [5, 5.41) is 4.49. The van der Waals surface area contributed by atoms with E-state index >= 15 is 0 Å². The van der Waals surface area contributed by atoms with Gasteiger partial charge in [0, 0.05) is 5.54 Å². The standard InChI is InChI=1S/C14H19ClN2O2/c1-14(2,3)17-11(18)9-16-13(19)12(15)10-7-5-4-6-8-10/h4-8,12H,9H2,1-3H3,(H,16,19)(H,17,18). The summed E-state index contributed by atoms with van der Waals surface area (Å²) < 4.78 is 0. The van der Waals surface area contributed by atoms with Crippen LogP contribution in [0, 0.1) is 0 Å². The number of nitrogens with one attached hydrogen (secondary N) is 2. The maximum Gasteiger partial charge on any atom is 0.243 e. The molecule has 1 aromatic carbocycles. The Bertz CT molecular complexity index is 441. The summed E-state index contributed by atoms with van der Waals surface area (Å²) in [6.07, 6.45) is 0. The van der Waals surface area contributed by atoms with Crippen LogP contribution in [0.4, 0.5) is 0 Å². The molecular weight excluding hydrogens is 264 g/mol. The van der Waals surface area contributed by atoms with E-state index in [1.807, 2.05) is 39.0 Å². The van der Waals surface area contributed by atoms with E-state index in [4.69, 9.17) is 11.6 Å². The second-order valence-electron chi connectivity index (χ2n) is 5.29. The molecule has 1 atom stereocenters. The monoisotopic (exact) mass is 282 g/mol. The van der Waals surface area contributed by atoms with Crippen LogP contribution in [0.1, 0.15) is 31.7 Å². The van der Waals surface area contributed by atoms with Gasteiger partial charge in [-0.25, -0.2) is 0 Å². The molecule has 4 nitrogen and oxygen atoms in total. The van der Waals surface area contributed by atoms with E-state index in [0.29, 0.717) is 5.56 Å². The minimum Gasteiger partial charge on any atom is -0.350 e. The normalized spacial score (nSPS) is 12.6. The summed E-state index contributed by atoms with van der Waals surface area (Å²) in [6.45, 7) is 5.55. The Morgan fingerprint density at radius 1 is 1.21 bits per heavy atom. The van der Waals surface area contributed by atoms with Crippen LogP contribution >= 0.6 is 11.6 Å². The molecule has 0 aliphatic rings. The fourth-order valence-electron chi connectivity index (χ4n) is 1.49. The summed E-state index contributed by atoms with van der Waals surface area (Å²) >= 11 is 6.03. The summed E-state index contributed by atoms with van der Waals surface area (Å²) in [4.78, 5) is 23.3. The van der Waals surface area contributed by atoms with Crippen molar-refractivity contribution in [2.24, 2.45) is 0 Å². The molecule has 0 fully saturated rings. The minimum absolute atomic E-state index is 0.0772. The van der Waals surface area contributed by atoms with Gasteiger partial charge in [0.05, 0.1) is 6.54 Å². The van der Waals surface area contributed by atoms with Gasteiger partial charge in [-0.15, -0.1) is 11.6 Å². The topological polar surface area (TPSA) is 58.2 Å². The Morgan fingerprint density at radius 2 is 1.79 bits per heavy atom. The third-order valence-electron chi connectivity index (χ3n) is 2.26. The van der Waals surface area contributed by atoms with Crippen LogP contribution in [0.15, 0.2) is 30.3 Å². The lowest BCUT2D eigenvalue weighted by atomic mass is 10.1. The Balaban J connectivity index is 2.46. The maximum atomic E-state index is 11.8. The molecule has 2 N–H and O–H groups in total. The summed E-state index contributed by atoms with van der Waals surface area (Å²) in [7, 11) is 0. The summed E-state index contributed by atoms with van der Waals surface area (Å²) in [5.41, 5.74) is 0.389. The quantitative estimate of drug-likeness (QED) is 0.830. The largest absolute Gasteiger partial charge is 0.350 e. The Morgan fingerprint density at radius 3 is 2.32 bits per heavy atom. The average Bonchev–Trinajstić information content (AvgIpc) is 2.34. The van der Waals surface area contributed by atoms with Crippen molar-refractivity contribution in [3.8, 4) is 0 Å². The highest BCUT2D eigenvalue weighted by Crippen LogP contribution is 2.19. The lowest BCUT2D eigenvalue weighted by Crippen LogP contribution is -2.46. The number of amides is 2. The number of hydrogen-bond donors (Lipinski definition) is 2. The van der Waals surface area contributed by atoms with E-state index in [2.05, 4.69) is 10.6 Å². The van der Waals surface area contributed by atoms with Crippen LogP contribution in [0.25, 0.3) is 0 Å². The highest BCUT2D eigenvalue weighted by Gasteiger charge is 2.19. The number of halogens is 1. The van der Waals surface area contributed by atoms with Gasteiger partial charge in [0.15, 0.2) is 0 Å². The van der Waals surface area contributed by atoms with Crippen LogP contribution in [0.5, 0.6) is 0 Å². The molecule has 0 saturated heterocycles. The van der Waals surface area contributed by atoms with Gasteiger partial charge in [-0.1, -0.05) is 30.3 Å². The first-order valence-corrected chi connectivity index (χ1v) is 6.51. The predicted octanol–water partition coefficient (Wildman–Crippen LogP) is 2.00. The molecule has 2 amide bonds. The number of hydrogen-bond acceptors (Lipinski definition) is 2. The van der Waals surface area contributed by atoms with Crippen molar-refractivity contribution < 1.29 is 9.59 Å². The first-order chi connectivity index (χ1) is 8.79. The van der Waals surface area contributed by atoms with Gasteiger partial charge >= 0.3 is 0 Å². The molecule has 0 aromatic heterocycles. The van der Waals surface area contributed by atoms with E-state index in [1.165, 1.54) is 0 Å². The molecule has 0 bridgehead atoms. The van der Waals surface area contributed by atoms with E-state index in [9.17, 15) is 9.59 Å². The van der Waals surface area contributed by atoms with Crippen LogP contribution in [-0.4, -0.2) is 23.9 Å². The molecule has 1 aromatic rings. The van der Waals surface area contributed by atoms with E-state index < -0.39 is 5.38 Å². The Kier molecular flexibility index (Phi) is 5.36. The summed E-state index contributed by atoms with van der Waals surface area (Å²) in [6, 6.07) is 9.01. The number of rotatable bonds is 4. The zero-order valence-corrected chi connectivity index (χ0v) is 12.1. The average molecular weight is 283 g/mol. The molecule has 0 aliphatic heterocycles. The highest BCUT2D eigenvalue weighted by molar-refractivity contribution is 6.30. The molecule has 19 heavy (non-hydrogen) atoms. The number of carbonyl (C=O) groups is 2. The lowest BCUT2D eigenvalue weighted by Gasteiger charge is -2.20. The Hall–Kier alpha value is -1.55. The van der Waals surface area contributed by atoms with Crippen molar-refractivity contribution in [2.75, 3.05) is 6.54 Å². The van der Waals surface area contributed by atoms with Crippen molar-refractivity contribution in [1.29, 1.82) is 0 Å². The van der Waals surface area contributed by atoms with Gasteiger partial charge in [0.1, 0.15) is 5.38 Å². The van der Waals surface area contributed by atoms with Crippen molar-refractivity contribution in [3.05, 3.63) is 35.9 Å². The van der Waals surface area contributed by atoms with Gasteiger partial charge < -0.3 is 10.6 Å². The molecule has 0 radical (unpaired) electrons. The van der Waals surface area contributed by atoms with Gasteiger partial charge in [-0.05, 0) is 26.3 Å². The molecule has 104 valence electrons. The van der Waals surface area contributed by atoms with Crippen LogP contribution in [0.3, 0.4) is 0 Å². The molecule has 0 spiro atoms. The number of carbonyl (C=O) groups excluding carboxylic acids is 2. The molecule has 0 heterocycles. The lowest BCUT2D eigenvalue weighted by molar-refractivity contribution is -0.126. The highest BCUT2D eigenvalue weighted by atomic mass is 35.5. The van der Waals surface area contributed by atoms with Crippen molar-refractivity contribution in [2.45, 2.75) is 31.7 Å². The van der Waals surface area contributed by atoms with E-state index in [-0.39, 0.29) is 23.9 Å². The zero-order valence-electron chi connectivity index (χ0n) is 11.4. The van der Waals surface area contributed by atoms with Crippen LogP contribution in [-0.2, 0) is 9.59 Å². The van der Waals surface area contributed by atoms with E-state index in [0.717, 1.165) is 0 Å². The van der Waals surface area contributed by atoms with Gasteiger partial charge in [0.2, 0.25) is 11.8 Å². The van der Waals surface area contributed by atoms with Crippen molar-refractivity contribution in [1.82, 2.24) is 10.6 Å². The fourth-order valence-corrected chi connectivity index (χ4v) is 1.72. The second-order valence-corrected chi connectivity index (χ2v) is 5.73. The predicted molar refractivity (Wildman–Crippen MR) is 75.9 cm³/mol. The van der Waals surface area contributed by atoms with Gasteiger partial charge in [-0.3, -0.25) is 9.59 Å². The molecular formula is C14H19ClN2O2. The number of benzene rings is 1. The number of alkyl halides is 1.